The average Bonchev–Trinajstić information content (AvgIpc) is 2.87. The summed E-state index contributed by atoms with van der Waals surface area (Å²) in [4.78, 5) is 11.1. The second-order valence-electron chi connectivity index (χ2n) is 4.50. The lowest BCUT2D eigenvalue weighted by Crippen LogP contribution is -2.14. The highest BCUT2D eigenvalue weighted by atomic mass is 16.3. The van der Waals surface area contributed by atoms with Gasteiger partial charge in [-0.2, -0.15) is 5.10 Å². The number of amides is 1. The summed E-state index contributed by atoms with van der Waals surface area (Å²) in [7, 11) is 0. The molecule has 0 unspecified atom stereocenters. The third-order valence-corrected chi connectivity index (χ3v) is 2.89. The smallest absolute Gasteiger partial charge is 0.248 e. The Balaban J connectivity index is 1.85. The van der Waals surface area contributed by atoms with Crippen LogP contribution in [0.25, 0.3) is 0 Å². The zero-order valence-electron chi connectivity index (χ0n) is 11.1. The molecule has 0 fully saturated rings. The molecule has 4 N–H and O–H groups in total. The van der Waals surface area contributed by atoms with E-state index in [-0.39, 0.29) is 6.61 Å². The van der Waals surface area contributed by atoms with E-state index in [2.05, 4.69) is 10.4 Å². The van der Waals surface area contributed by atoms with Gasteiger partial charge in [-0.3, -0.25) is 9.48 Å². The molecule has 0 bridgehead atoms. The maximum Gasteiger partial charge on any atom is 0.248 e. The van der Waals surface area contributed by atoms with Crippen LogP contribution in [-0.2, 0) is 19.6 Å². The minimum atomic E-state index is -0.419. The number of hydrogen-bond donors (Lipinski definition) is 3. The van der Waals surface area contributed by atoms with E-state index in [0.29, 0.717) is 25.2 Å². The van der Waals surface area contributed by atoms with Crippen LogP contribution in [0.5, 0.6) is 0 Å². The summed E-state index contributed by atoms with van der Waals surface area (Å²) in [6.45, 7) is 1.90. The summed E-state index contributed by atoms with van der Waals surface area (Å²) in [5, 5.41) is 16.2. The van der Waals surface area contributed by atoms with Crippen molar-refractivity contribution in [3.63, 3.8) is 0 Å². The van der Waals surface area contributed by atoms with Crippen LogP contribution >= 0.6 is 0 Å². The summed E-state index contributed by atoms with van der Waals surface area (Å²) in [6, 6.07) is 7.24. The Hall–Kier alpha value is -2.18. The molecule has 1 aromatic heterocycles. The maximum atomic E-state index is 11.1. The number of nitrogens with one attached hydrogen (secondary N) is 1. The first-order valence-corrected chi connectivity index (χ1v) is 6.40. The molecule has 0 aliphatic carbocycles. The number of carbonyl (C=O) groups is 1. The average molecular weight is 274 g/mol. The Morgan fingerprint density at radius 1 is 1.35 bits per heavy atom. The molecular formula is C14H18N4O2. The molecule has 0 aliphatic heterocycles. The SMILES string of the molecule is NC(=O)c1cccc(CNCc2cnn(CCO)c2)c1. The Labute approximate surface area is 117 Å². The van der Waals surface area contributed by atoms with Crippen LogP contribution in [0.2, 0.25) is 0 Å². The molecule has 20 heavy (non-hydrogen) atoms. The lowest BCUT2D eigenvalue weighted by molar-refractivity contribution is 0.1000. The van der Waals surface area contributed by atoms with Crippen molar-refractivity contribution in [2.75, 3.05) is 6.61 Å². The standard InChI is InChI=1S/C14H18N4O2/c15-14(20)13-3-1-2-11(6-13)7-16-8-12-9-17-18(10-12)4-5-19/h1-3,6,9-10,16,19H,4-5,7-8H2,(H2,15,20). The van der Waals surface area contributed by atoms with Gasteiger partial charge in [0.1, 0.15) is 0 Å². The molecule has 2 aromatic rings. The molecule has 6 nitrogen and oxygen atoms in total. The molecule has 2 rings (SSSR count). The van der Waals surface area contributed by atoms with E-state index in [9.17, 15) is 4.79 Å². The number of rotatable bonds is 7. The molecule has 0 atom stereocenters. The van der Waals surface area contributed by atoms with E-state index in [4.69, 9.17) is 10.8 Å². The Kier molecular flexibility index (Phi) is 4.86. The van der Waals surface area contributed by atoms with E-state index < -0.39 is 5.91 Å². The predicted octanol–water partition coefficient (Wildman–Crippen LogP) is 0.264. The highest BCUT2D eigenvalue weighted by molar-refractivity contribution is 5.92. The normalized spacial score (nSPS) is 10.7. The van der Waals surface area contributed by atoms with Crippen LogP contribution in [0.1, 0.15) is 21.5 Å². The maximum absolute atomic E-state index is 11.1. The number of aliphatic hydroxyl groups excluding tert-OH is 1. The van der Waals surface area contributed by atoms with Crippen molar-refractivity contribution in [2.24, 2.45) is 5.73 Å². The first kappa shape index (κ1) is 14.2. The van der Waals surface area contributed by atoms with E-state index in [1.54, 1.807) is 23.0 Å². The van der Waals surface area contributed by atoms with Crippen molar-refractivity contribution in [3.05, 3.63) is 53.3 Å². The predicted molar refractivity (Wildman–Crippen MR) is 74.8 cm³/mol. The van der Waals surface area contributed by atoms with Crippen molar-refractivity contribution in [1.29, 1.82) is 0 Å². The number of nitrogens with two attached hydrogens (primary N) is 1. The third kappa shape index (κ3) is 3.91. The lowest BCUT2D eigenvalue weighted by atomic mass is 10.1. The van der Waals surface area contributed by atoms with E-state index in [1.807, 2.05) is 18.3 Å². The summed E-state index contributed by atoms with van der Waals surface area (Å²) in [6.07, 6.45) is 3.66. The molecule has 0 spiro atoms. The highest BCUT2D eigenvalue weighted by Crippen LogP contribution is 2.05. The Bertz CT molecular complexity index is 580. The van der Waals surface area contributed by atoms with Crippen LogP contribution in [0.3, 0.4) is 0 Å². The summed E-state index contributed by atoms with van der Waals surface area (Å²) in [5.74, 6) is -0.419. The molecule has 106 valence electrons. The molecule has 0 saturated heterocycles. The topological polar surface area (TPSA) is 93.2 Å². The fourth-order valence-electron chi connectivity index (χ4n) is 1.91. The van der Waals surface area contributed by atoms with E-state index in [0.717, 1.165) is 11.1 Å². The molecule has 1 heterocycles. The van der Waals surface area contributed by atoms with Crippen LogP contribution in [-0.4, -0.2) is 27.4 Å². The van der Waals surface area contributed by atoms with Crippen LogP contribution < -0.4 is 11.1 Å². The van der Waals surface area contributed by atoms with Gasteiger partial charge in [-0.15, -0.1) is 0 Å². The monoisotopic (exact) mass is 274 g/mol. The van der Waals surface area contributed by atoms with Gasteiger partial charge in [0.15, 0.2) is 0 Å². The van der Waals surface area contributed by atoms with Gasteiger partial charge in [0, 0.05) is 30.4 Å². The number of benzene rings is 1. The van der Waals surface area contributed by atoms with Gasteiger partial charge in [-0.1, -0.05) is 12.1 Å². The zero-order chi connectivity index (χ0) is 14.4. The number of aromatic nitrogens is 2. The number of aliphatic hydroxyl groups is 1. The summed E-state index contributed by atoms with van der Waals surface area (Å²) < 4.78 is 1.70. The molecule has 0 radical (unpaired) electrons. The minimum Gasteiger partial charge on any atom is -0.394 e. The molecule has 1 aromatic carbocycles. The van der Waals surface area contributed by atoms with Gasteiger partial charge >= 0.3 is 0 Å². The van der Waals surface area contributed by atoms with Crippen molar-refractivity contribution < 1.29 is 9.90 Å². The first-order valence-electron chi connectivity index (χ1n) is 6.40. The summed E-state index contributed by atoms with van der Waals surface area (Å²) >= 11 is 0. The highest BCUT2D eigenvalue weighted by Gasteiger charge is 2.02. The van der Waals surface area contributed by atoms with Crippen molar-refractivity contribution >= 4 is 5.91 Å². The van der Waals surface area contributed by atoms with Gasteiger partial charge in [0.05, 0.1) is 19.3 Å². The van der Waals surface area contributed by atoms with Gasteiger partial charge in [-0.05, 0) is 17.7 Å². The van der Waals surface area contributed by atoms with Gasteiger partial charge in [0.25, 0.3) is 0 Å². The van der Waals surface area contributed by atoms with Gasteiger partial charge < -0.3 is 16.2 Å². The van der Waals surface area contributed by atoms with Crippen LogP contribution in [0, 0.1) is 0 Å². The largest absolute Gasteiger partial charge is 0.394 e. The van der Waals surface area contributed by atoms with E-state index >= 15 is 0 Å². The number of carbonyl (C=O) groups excluding carboxylic acids is 1. The fourth-order valence-corrected chi connectivity index (χ4v) is 1.91. The van der Waals surface area contributed by atoms with Gasteiger partial charge in [0.2, 0.25) is 5.91 Å². The van der Waals surface area contributed by atoms with Gasteiger partial charge in [-0.25, -0.2) is 0 Å². The summed E-state index contributed by atoms with van der Waals surface area (Å²) in [5.41, 5.74) is 7.81. The second-order valence-corrected chi connectivity index (χ2v) is 4.50. The molecule has 6 heteroatoms. The zero-order valence-corrected chi connectivity index (χ0v) is 11.1. The van der Waals surface area contributed by atoms with Crippen molar-refractivity contribution in [3.8, 4) is 0 Å². The third-order valence-electron chi connectivity index (χ3n) is 2.89. The van der Waals surface area contributed by atoms with Crippen LogP contribution in [0.4, 0.5) is 0 Å². The number of nitrogens with zero attached hydrogens (tertiary/aromatic N) is 2. The number of hydrogen-bond acceptors (Lipinski definition) is 4. The van der Waals surface area contributed by atoms with Crippen molar-refractivity contribution in [1.82, 2.24) is 15.1 Å². The lowest BCUT2D eigenvalue weighted by Gasteiger charge is -2.04. The first-order chi connectivity index (χ1) is 9.69. The van der Waals surface area contributed by atoms with E-state index in [1.165, 1.54) is 0 Å². The quantitative estimate of drug-likeness (QED) is 0.675. The molecular weight excluding hydrogens is 256 g/mol. The molecule has 0 saturated carbocycles. The van der Waals surface area contributed by atoms with Crippen LogP contribution in [0.15, 0.2) is 36.7 Å². The number of primary amides is 1. The minimum absolute atomic E-state index is 0.0778. The fraction of sp³-hybridized carbons (Fsp3) is 0.286. The Morgan fingerprint density at radius 2 is 2.15 bits per heavy atom. The second kappa shape index (κ2) is 6.83. The molecule has 1 amide bonds. The molecule has 0 aliphatic rings. The Morgan fingerprint density at radius 3 is 2.90 bits per heavy atom. The van der Waals surface area contributed by atoms with Crippen molar-refractivity contribution in [2.45, 2.75) is 19.6 Å².